The lowest BCUT2D eigenvalue weighted by molar-refractivity contribution is 0.395. The normalized spacial score (nSPS) is 19.6. The van der Waals surface area contributed by atoms with Gasteiger partial charge in [-0.2, -0.15) is 5.10 Å². The molecular weight excluding hydrogens is 262 g/mol. The number of fused-ring (bicyclic) bond motifs is 1. The molecule has 1 atom stereocenters. The van der Waals surface area contributed by atoms with Crippen LogP contribution in [0.5, 0.6) is 0 Å². The van der Waals surface area contributed by atoms with E-state index < -0.39 is 0 Å². The predicted octanol–water partition coefficient (Wildman–Crippen LogP) is 2.42. The summed E-state index contributed by atoms with van der Waals surface area (Å²) in [6.07, 6.45) is 7.40. The highest BCUT2D eigenvalue weighted by molar-refractivity contribution is 5.69. The minimum atomic E-state index is 0.434. The lowest BCUT2D eigenvalue weighted by atomic mass is 9.95. The minimum Gasteiger partial charge on any atom is -0.355 e. The Kier molecular flexibility index (Phi) is 4.10. The third kappa shape index (κ3) is 2.88. The Hall–Kier alpha value is -1.62. The van der Waals surface area contributed by atoms with Crippen molar-refractivity contribution in [3.63, 3.8) is 0 Å². The second-order valence-electron chi connectivity index (χ2n) is 6.34. The van der Waals surface area contributed by atoms with E-state index in [1.807, 2.05) is 16.9 Å². The fourth-order valence-corrected chi connectivity index (χ4v) is 3.18. The highest BCUT2D eigenvalue weighted by atomic mass is 15.3. The molecule has 3 rings (SSSR count). The Morgan fingerprint density at radius 1 is 1.43 bits per heavy atom. The lowest BCUT2D eigenvalue weighted by Crippen LogP contribution is -2.37. The smallest absolute Gasteiger partial charge is 0.154 e. The van der Waals surface area contributed by atoms with Crippen molar-refractivity contribution in [1.82, 2.24) is 14.6 Å². The summed E-state index contributed by atoms with van der Waals surface area (Å²) < 4.78 is 1.96. The molecule has 2 N–H and O–H groups in total. The van der Waals surface area contributed by atoms with Crippen LogP contribution in [-0.4, -0.2) is 34.2 Å². The first kappa shape index (κ1) is 14.3. The van der Waals surface area contributed by atoms with Crippen molar-refractivity contribution in [1.29, 1.82) is 0 Å². The molecule has 5 heteroatoms. The molecule has 1 saturated heterocycles. The van der Waals surface area contributed by atoms with Gasteiger partial charge >= 0.3 is 0 Å². The first-order valence-electron chi connectivity index (χ1n) is 7.98. The van der Waals surface area contributed by atoms with Gasteiger partial charge in [-0.3, -0.25) is 0 Å². The zero-order valence-corrected chi connectivity index (χ0v) is 13.0. The summed E-state index contributed by atoms with van der Waals surface area (Å²) >= 11 is 0. The maximum atomic E-state index is 5.72. The van der Waals surface area contributed by atoms with Gasteiger partial charge in [0.25, 0.3) is 0 Å². The number of hydrogen-bond donors (Lipinski definition) is 1. The van der Waals surface area contributed by atoms with Gasteiger partial charge in [-0.1, -0.05) is 13.8 Å². The molecular formula is C16H25N5. The van der Waals surface area contributed by atoms with Crippen molar-refractivity contribution in [3.8, 4) is 0 Å². The summed E-state index contributed by atoms with van der Waals surface area (Å²) in [4.78, 5) is 7.04. The van der Waals surface area contributed by atoms with E-state index >= 15 is 0 Å². The molecule has 0 spiro atoms. The van der Waals surface area contributed by atoms with E-state index in [0.29, 0.717) is 11.8 Å². The van der Waals surface area contributed by atoms with Crippen molar-refractivity contribution in [2.45, 2.75) is 39.0 Å². The summed E-state index contributed by atoms with van der Waals surface area (Å²) in [5.74, 6) is 2.20. The molecule has 1 aliphatic rings. The Morgan fingerprint density at radius 2 is 2.29 bits per heavy atom. The number of nitrogens with zero attached hydrogens (tertiary/aromatic N) is 4. The second kappa shape index (κ2) is 6.02. The SMILES string of the molecule is CC(C)c1cc2c(N3CCCC(CCN)C3)nccn2n1. The summed E-state index contributed by atoms with van der Waals surface area (Å²) in [6, 6.07) is 2.18. The van der Waals surface area contributed by atoms with Gasteiger partial charge in [0.1, 0.15) is 5.52 Å². The van der Waals surface area contributed by atoms with Crippen LogP contribution in [0.2, 0.25) is 0 Å². The van der Waals surface area contributed by atoms with Crippen LogP contribution < -0.4 is 10.6 Å². The number of aromatic nitrogens is 3. The number of hydrogen-bond acceptors (Lipinski definition) is 4. The largest absolute Gasteiger partial charge is 0.355 e. The number of piperidine rings is 1. The van der Waals surface area contributed by atoms with Gasteiger partial charge < -0.3 is 10.6 Å². The van der Waals surface area contributed by atoms with Gasteiger partial charge in [0.05, 0.1) is 5.69 Å². The molecule has 2 aromatic rings. The van der Waals surface area contributed by atoms with E-state index in [1.54, 1.807) is 0 Å². The van der Waals surface area contributed by atoms with E-state index in [9.17, 15) is 0 Å². The molecule has 1 aliphatic heterocycles. The van der Waals surface area contributed by atoms with Crippen LogP contribution in [0.1, 0.15) is 44.7 Å². The Bertz CT molecular complexity index is 602. The third-order valence-electron chi connectivity index (χ3n) is 4.37. The molecule has 0 saturated carbocycles. The van der Waals surface area contributed by atoms with Crippen molar-refractivity contribution >= 4 is 11.3 Å². The fourth-order valence-electron chi connectivity index (χ4n) is 3.18. The zero-order valence-electron chi connectivity index (χ0n) is 13.0. The van der Waals surface area contributed by atoms with Crippen LogP contribution in [0.4, 0.5) is 5.82 Å². The maximum absolute atomic E-state index is 5.72. The van der Waals surface area contributed by atoms with Gasteiger partial charge in [0.15, 0.2) is 5.82 Å². The minimum absolute atomic E-state index is 0.434. The van der Waals surface area contributed by atoms with Gasteiger partial charge in [-0.15, -0.1) is 0 Å². The molecule has 0 aromatic carbocycles. The summed E-state index contributed by atoms with van der Waals surface area (Å²) in [5, 5.41) is 4.65. The van der Waals surface area contributed by atoms with E-state index in [1.165, 1.54) is 12.8 Å². The first-order valence-corrected chi connectivity index (χ1v) is 7.98. The number of anilines is 1. The zero-order chi connectivity index (χ0) is 14.8. The van der Waals surface area contributed by atoms with Crippen LogP contribution in [0.15, 0.2) is 18.5 Å². The Morgan fingerprint density at radius 3 is 3.05 bits per heavy atom. The summed E-state index contributed by atoms with van der Waals surface area (Å²) in [7, 11) is 0. The van der Waals surface area contributed by atoms with E-state index in [-0.39, 0.29) is 0 Å². The average molecular weight is 287 g/mol. The van der Waals surface area contributed by atoms with Crippen LogP contribution in [0, 0.1) is 5.92 Å². The van der Waals surface area contributed by atoms with Crippen LogP contribution in [-0.2, 0) is 0 Å². The first-order chi connectivity index (χ1) is 10.2. The topological polar surface area (TPSA) is 59.5 Å². The van der Waals surface area contributed by atoms with Gasteiger partial charge in [0, 0.05) is 25.5 Å². The molecule has 1 unspecified atom stereocenters. The molecule has 0 radical (unpaired) electrons. The van der Waals surface area contributed by atoms with Crippen molar-refractivity contribution < 1.29 is 0 Å². The maximum Gasteiger partial charge on any atom is 0.154 e. The molecule has 114 valence electrons. The highest BCUT2D eigenvalue weighted by Crippen LogP contribution is 2.27. The molecule has 3 heterocycles. The van der Waals surface area contributed by atoms with Crippen LogP contribution in [0.25, 0.3) is 5.52 Å². The molecule has 0 amide bonds. The van der Waals surface area contributed by atoms with E-state index in [0.717, 1.165) is 43.1 Å². The molecule has 21 heavy (non-hydrogen) atoms. The quantitative estimate of drug-likeness (QED) is 0.938. The predicted molar refractivity (Wildman–Crippen MR) is 85.7 cm³/mol. The van der Waals surface area contributed by atoms with E-state index in [4.69, 9.17) is 5.73 Å². The van der Waals surface area contributed by atoms with E-state index in [2.05, 4.69) is 34.9 Å². The van der Waals surface area contributed by atoms with Crippen molar-refractivity contribution in [2.24, 2.45) is 11.7 Å². The Labute approximate surface area is 126 Å². The number of nitrogens with two attached hydrogens (primary N) is 1. The van der Waals surface area contributed by atoms with Crippen LogP contribution >= 0.6 is 0 Å². The third-order valence-corrected chi connectivity index (χ3v) is 4.37. The summed E-state index contributed by atoms with van der Waals surface area (Å²) in [5.41, 5.74) is 7.97. The molecule has 0 bridgehead atoms. The Balaban J connectivity index is 1.92. The lowest BCUT2D eigenvalue weighted by Gasteiger charge is -2.33. The standard InChI is InChI=1S/C16H25N5/c1-12(2)14-10-15-16(18-7-9-21(15)19-14)20-8-3-4-13(11-20)5-6-17/h7,9-10,12-13H,3-6,8,11,17H2,1-2H3. The molecule has 0 aliphatic carbocycles. The monoisotopic (exact) mass is 287 g/mol. The molecule has 1 fully saturated rings. The number of rotatable bonds is 4. The van der Waals surface area contributed by atoms with Gasteiger partial charge in [-0.05, 0) is 43.7 Å². The molecule has 5 nitrogen and oxygen atoms in total. The fraction of sp³-hybridized carbons (Fsp3) is 0.625. The van der Waals surface area contributed by atoms with Gasteiger partial charge in [-0.25, -0.2) is 9.50 Å². The second-order valence-corrected chi connectivity index (χ2v) is 6.34. The van der Waals surface area contributed by atoms with Crippen molar-refractivity contribution in [3.05, 3.63) is 24.2 Å². The molecule has 2 aromatic heterocycles. The van der Waals surface area contributed by atoms with Gasteiger partial charge in [0.2, 0.25) is 0 Å². The summed E-state index contributed by atoms with van der Waals surface area (Å²) in [6.45, 7) is 7.27. The highest BCUT2D eigenvalue weighted by Gasteiger charge is 2.22. The van der Waals surface area contributed by atoms with Crippen LogP contribution in [0.3, 0.4) is 0 Å². The average Bonchev–Trinajstić information content (AvgIpc) is 2.92. The van der Waals surface area contributed by atoms with Crippen molar-refractivity contribution in [2.75, 3.05) is 24.5 Å².